The molecule has 3 rings (SSSR count). The minimum absolute atomic E-state index is 0.195. The highest BCUT2D eigenvalue weighted by molar-refractivity contribution is 6.21. The van der Waals surface area contributed by atoms with Gasteiger partial charge >= 0.3 is 0 Å². The van der Waals surface area contributed by atoms with Gasteiger partial charge in [0.2, 0.25) is 0 Å². The van der Waals surface area contributed by atoms with Gasteiger partial charge in [0, 0.05) is 12.0 Å². The van der Waals surface area contributed by atoms with E-state index in [1.165, 1.54) is 4.90 Å². The average molecular weight is 279 g/mol. The predicted molar refractivity (Wildman–Crippen MR) is 81.3 cm³/mol. The summed E-state index contributed by atoms with van der Waals surface area (Å²) in [6, 6.07) is 17.0. The number of hydrogen-bond acceptors (Lipinski definition) is 2. The number of rotatable bonds is 3. The van der Waals surface area contributed by atoms with E-state index in [9.17, 15) is 9.59 Å². The molecule has 2 amide bonds. The summed E-state index contributed by atoms with van der Waals surface area (Å²) in [5, 5.41) is 0. The Kier molecular flexibility index (Phi) is 3.13. The third-order valence-electron chi connectivity index (χ3n) is 3.99. The zero-order chi connectivity index (χ0) is 15.0. The van der Waals surface area contributed by atoms with Gasteiger partial charge in [-0.1, -0.05) is 56.3 Å². The highest BCUT2D eigenvalue weighted by Gasteiger charge is 2.38. The fourth-order valence-electron chi connectivity index (χ4n) is 2.76. The van der Waals surface area contributed by atoms with E-state index < -0.39 is 0 Å². The standard InChI is InChI=1S/C18H17NO2/c1-18(2,13-8-4-3-5-9-13)12-19-16(20)14-10-6-7-11-15(14)17(19)21/h3-11H,12H2,1-2H3. The molecule has 1 aliphatic heterocycles. The first-order chi connectivity index (χ1) is 10.0. The molecule has 0 aromatic heterocycles. The van der Waals surface area contributed by atoms with Crippen molar-refractivity contribution in [2.24, 2.45) is 0 Å². The van der Waals surface area contributed by atoms with Gasteiger partial charge in [-0.05, 0) is 17.7 Å². The lowest BCUT2D eigenvalue weighted by atomic mass is 9.84. The molecule has 2 aromatic rings. The van der Waals surface area contributed by atoms with Crippen molar-refractivity contribution in [3.63, 3.8) is 0 Å². The van der Waals surface area contributed by atoms with Gasteiger partial charge in [-0.25, -0.2) is 0 Å². The Bertz CT molecular complexity index is 669. The Balaban J connectivity index is 1.90. The van der Waals surface area contributed by atoms with Crippen LogP contribution in [0.2, 0.25) is 0 Å². The summed E-state index contributed by atoms with van der Waals surface area (Å²) in [4.78, 5) is 26.2. The van der Waals surface area contributed by atoms with Gasteiger partial charge in [0.15, 0.2) is 0 Å². The second-order valence-electron chi connectivity index (χ2n) is 5.99. The average Bonchev–Trinajstić information content (AvgIpc) is 2.74. The van der Waals surface area contributed by atoms with Gasteiger partial charge in [-0.2, -0.15) is 0 Å². The quantitative estimate of drug-likeness (QED) is 0.809. The maximum Gasteiger partial charge on any atom is 0.261 e. The Hall–Kier alpha value is -2.42. The Morgan fingerprint density at radius 1 is 0.810 bits per heavy atom. The Morgan fingerprint density at radius 2 is 1.29 bits per heavy atom. The molecule has 0 radical (unpaired) electrons. The molecule has 2 aromatic carbocycles. The summed E-state index contributed by atoms with van der Waals surface area (Å²) in [6.07, 6.45) is 0. The molecular weight excluding hydrogens is 262 g/mol. The van der Waals surface area contributed by atoms with Crippen LogP contribution in [0.1, 0.15) is 40.1 Å². The molecule has 3 nitrogen and oxygen atoms in total. The summed E-state index contributed by atoms with van der Waals surface area (Å²) in [7, 11) is 0. The molecule has 0 aliphatic carbocycles. The van der Waals surface area contributed by atoms with E-state index in [4.69, 9.17) is 0 Å². The van der Waals surface area contributed by atoms with E-state index in [2.05, 4.69) is 0 Å². The molecule has 0 unspecified atom stereocenters. The number of nitrogens with zero attached hydrogens (tertiary/aromatic N) is 1. The van der Waals surface area contributed by atoms with Crippen molar-refractivity contribution in [1.82, 2.24) is 4.90 Å². The number of carbonyl (C=O) groups is 2. The number of hydrogen-bond donors (Lipinski definition) is 0. The monoisotopic (exact) mass is 279 g/mol. The van der Waals surface area contributed by atoms with Crippen molar-refractivity contribution >= 4 is 11.8 Å². The van der Waals surface area contributed by atoms with Gasteiger partial charge in [0.1, 0.15) is 0 Å². The van der Waals surface area contributed by atoms with Crippen LogP contribution in [0, 0.1) is 0 Å². The molecular formula is C18H17NO2. The smallest absolute Gasteiger partial charge is 0.261 e. The topological polar surface area (TPSA) is 37.4 Å². The molecule has 21 heavy (non-hydrogen) atoms. The first-order valence-electron chi connectivity index (χ1n) is 7.01. The van der Waals surface area contributed by atoms with E-state index in [-0.39, 0.29) is 17.2 Å². The van der Waals surface area contributed by atoms with Crippen LogP contribution >= 0.6 is 0 Å². The van der Waals surface area contributed by atoms with Crippen molar-refractivity contribution in [2.45, 2.75) is 19.3 Å². The number of carbonyl (C=O) groups excluding carboxylic acids is 2. The number of benzene rings is 2. The van der Waals surface area contributed by atoms with E-state index >= 15 is 0 Å². The van der Waals surface area contributed by atoms with E-state index in [1.807, 2.05) is 44.2 Å². The predicted octanol–water partition coefficient (Wildman–Crippen LogP) is 3.26. The first-order valence-corrected chi connectivity index (χ1v) is 7.01. The van der Waals surface area contributed by atoms with Crippen LogP contribution in [0.15, 0.2) is 54.6 Å². The van der Waals surface area contributed by atoms with Gasteiger partial charge in [0.25, 0.3) is 11.8 Å². The molecule has 3 heteroatoms. The van der Waals surface area contributed by atoms with Crippen molar-refractivity contribution in [2.75, 3.05) is 6.54 Å². The van der Waals surface area contributed by atoms with Crippen molar-refractivity contribution in [1.29, 1.82) is 0 Å². The fourth-order valence-corrected chi connectivity index (χ4v) is 2.76. The van der Waals surface area contributed by atoms with Gasteiger partial charge < -0.3 is 0 Å². The third-order valence-corrected chi connectivity index (χ3v) is 3.99. The minimum Gasteiger partial charge on any atom is -0.273 e. The van der Waals surface area contributed by atoms with Crippen LogP contribution in [0.4, 0.5) is 0 Å². The van der Waals surface area contributed by atoms with Crippen molar-refractivity contribution < 1.29 is 9.59 Å². The van der Waals surface area contributed by atoms with Crippen LogP contribution in [0.5, 0.6) is 0 Å². The van der Waals surface area contributed by atoms with Gasteiger partial charge in [-0.15, -0.1) is 0 Å². The maximum atomic E-state index is 12.4. The van der Waals surface area contributed by atoms with E-state index in [1.54, 1.807) is 24.3 Å². The summed E-state index contributed by atoms with van der Waals surface area (Å²) >= 11 is 0. The van der Waals surface area contributed by atoms with Crippen LogP contribution in [0.25, 0.3) is 0 Å². The molecule has 106 valence electrons. The molecule has 0 bridgehead atoms. The number of amides is 2. The summed E-state index contributed by atoms with van der Waals surface area (Å²) in [5.74, 6) is -0.390. The van der Waals surface area contributed by atoms with Gasteiger partial charge in [-0.3, -0.25) is 14.5 Å². The molecule has 0 atom stereocenters. The molecule has 1 aliphatic rings. The molecule has 0 spiro atoms. The summed E-state index contributed by atoms with van der Waals surface area (Å²) in [6.45, 7) is 4.47. The van der Waals surface area contributed by atoms with E-state index in [0.717, 1.165) is 5.56 Å². The maximum absolute atomic E-state index is 12.4. The SMILES string of the molecule is CC(C)(CN1C(=O)c2ccccc2C1=O)c1ccccc1. The Morgan fingerprint density at radius 3 is 1.81 bits per heavy atom. The lowest BCUT2D eigenvalue weighted by molar-refractivity contribution is 0.0623. The molecule has 0 saturated carbocycles. The molecule has 0 saturated heterocycles. The van der Waals surface area contributed by atoms with Gasteiger partial charge in [0.05, 0.1) is 11.1 Å². The second kappa shape index (κ2) is 4.85. The lowest BCUT2D eigenvalue weighted by Gasteiger charge is -2.29. The highest BCUT2D eigenvalue weighted by atomic mass is 16.2. The molecule has 0 fully saturated rings. The van der Waals surface area contributed by atoms with Crippen molar-refractivity contribution in [3.05, 3.63) is 71.3 Å². The summed E-state index contributed by atoms with van der Waals surface area (Å²) < 4.78 is 0. The first kappa shape index (κ1) is 13.6. The summed E-state index contributed by atoms with van der Waals surface area (Å²) in [5.41, 5.74) is 1.84. The van der Waals surface area contributed by atoms with Crippen LogP contribution in [0.3, 0.4) is 0 Å². The lowest BCUT2D eigenvalue weighted by Crippen LogP contribution is -2.40. The minimum atomic E-state index is -0.283. The number of fused-ring (bicyclic) bond motifs is 1. The largest absolute Gasteiger partial charge is 0.273 e. The molecule has 1 heterocycles. The Labute approximate surface area is 124 Å². The fraction of sp³-hybridized carbons (Fsp3) is 0.222. The number of imide groups is 1. The van der Waals surface area contributed by atoms with Crippen molar-refractivity contribution in [3.8, 4) is 0 Å². The molecule has 0 N–H and O–H groups in total. The van der Waals surface area contributed by atoms with Crippen LogP contribution in [-0.2, 0) is 5.41 Å². The second-order valence-corrected chi connectivity index (χ2v) is 5.99. The van der Waals surface area contributed by atoms with Crippen LogP contribution in [-0.4, -0.2) is 23.3 Å². The van der Waals surface area contributed by atoms with Crippen LogP contribution < -0.4 is 0 Å². The highest BCUT2D eigenvalue weighted by Crippen LogP contribution is 2.29. The normalized spacial score (nSPS) is 14.5. The zero-order valence-corrected chi connectivity index (χ0v) is 12.2. The van der Waals surface area contributed by atoms with E-state index in [0.29, 0.717) is 17.7 Å². The zero-order valence-electron chi connectivity index (χ0n) is 12.2. The third kappa shape index (κ3) is 2.25.